The number of carbonyl (C=O) groups excluding carboxylic acids is 2. The van der Waals surface area contributed by atoms with Crippen molar-refractivity contribution in [3.8, 4) is 17.2 Å². The molecule has 1 amide bonds. The van der Waals surface area contributed by atoms with Gasteiger partial charge in [0.15, 0.2) is 18.1 Å². The van der Waals surface area contributed by atoms with Crippen LogP contribution in [0, 0.1) is 6.92 Å². The Morgan fingerprint density at radius 2 is 1.81 bits per heavy atom. The molecule has 0 aliphatic carbocycles. The molecular weight excluding hydrogens is 432 g/mol. The van der Waals surface area contributed by atoms with Crippen molar-refractivity contribution in [3.05, 3.63) is 64.1 Å². The Kier molecular flexibility index (Phi) is 8.04. The van der Waals surface area contributed by atoms with Crippen LogP contribution < -0.4 is 19.5 Å². The molecule has 0 aliphatic rings. The number of rotatable bonds is 10. The van der Waals surface area contributed by atoms with Crippen molar-refractivity contribution in [1.82, 2.24) is 4.98 Å². The third-order valence-electron chi connectivity index (χ3n) is 4.34. The summed E-state index contributed by atoms with van der Waals surface area (Å²) >= 11 is 1.32. The van der Waals surface area contributed by atoms with E-state index in [4.69, 9.17) is 18.9 Å². The van der Waals surface area contributed by atoms with Gasteiger partial charge in [-0.2, -0.15) is 0 Å². The lowest BCUT2D eigenvalue weighted by molar-refractivity contribution is -0.147. The first kappa shape index (κ1) is 23.1. The highest BCUT2D eigenvalue weighted by Crippen LogP contribution is 2.27. The van der Waals surface area contributed by atoms with Gasteiger partial charge < -0.3 is 24.3 Å². The first-order valence-electron chi connectivity index (χ1n) is 9.77. The fourth-order valence-corrected chi connectivity index (χ4v) is 3.58. The molecule has 9 heteroatoms. The van der Waals surface area contributed by atoms with E-state index in [1.165, 1.54) is 18.4 Å². The van der Waals surface area contributed by atoms with Crippen molar-refractivity contribution in [2.24, 2.45) is 0 Å². The van der Waals surface area contributed by atoms with Crippen LogP contribution in [-0.4, -0.2) is 37.7 Å². The minimum absolute atomic E-state index is 0.00213. The summed E-state index contributed by atoms with van der Waals surface area (Å²) in [6.07, 6.45) is 0.104. The minimum Gasteiger partial charge on any atom is -0.495 e. The average Bonchev–Trinajstić information content (AvgIpc) is 3.24. The second kappa shape index (κ2) is 11.1. The molecule has 2 aromatic carbocycles. The van der Waals surface area contributed by atoms with E-state index in [1.54, 1.807) is 30.7 Å². The van der Waals surface area contributed by atoms with Gasteiger partial charge in [0.25, 0.3) is 0 Å². The van der Waals surface area contributed by atoms with Gasteiger partial charge in [-0.3, -0.25) is 4.79 Å². The molecular formula is C23H24N2O6S. The molecule has 1 N–H and O–H groups in total. The van der Waals surface area contributed by atoms with Crippen LogP contribution in [0.5, 0.6) is 17.2 Å². The van der Waals surface area contributed by atoms with Gasteiger partial charge in [-0.05, 0) is 36.8 Å². The predicted octanol–water partition coefficient (Wildman–Crippen LogP) is 3.77. The third-order valence-corrected chi connectivity index (χ3v) is 5.24. The number of methoxy groups -OCH3 is 2. The molecule has 1 heterocycles. The third kappa shape index (κ3) is 6.45. The van der Waals surface area contributed by atoms with Crippen LogP contribution >= 0.6 is 11.3 Å². The van der Waals surface area contributed by atoms with Crippen LogP contribution in [0.25, 0.3) is 0 Å². The maximum absolute atomic E-state index is 12.3. The molecule has 168 valence electrons. The van der Waals surface area contributed by atoms with Gasteiger partial charge in [0.2, 0.25) is 5.91 Å². The summed E-state index contributed by atoms with van der Waals surface area (Å²) in [5, 5.41) is 5.17. The summed E-state index contributed by atoms with van der Waals surface area (Å²) in [5.74, 6) is 0.849. The highest BCUT2D eigenvalue weighted by atomic mass is 32.1. The van der Waals surface area contributed by atoms with Crippen molar-refractivity contribution in [2.75, 3.05) is 26.1 Å². The predicted molar refractivity (Wildman–Crippen MR) is 120 cm³/mol. The summed E-state index contributed by atoms with van der Waals surface area (Å²) in [6.45, 7) is 1.68. The Balaban J connectivity index is 1.45. The Morgan fingerprint density at radius 1 is 1.03 bits per heavy atom. The molecule has 3 rings (SSSR count). The van der Waals surface area contributed by atoms with Crippen LogP contribution in [-0.2, 0) is 27.4 Å². The van der Waals surface area contributed by atoms with E-state index >= 15 is 0 Å². The smallest absolute Gasteiger partial charge is 0.344 e. The topological polar surface area (TPSA) is 96.0 Å². The van der Waals surface area contributed by atoms with E-state index < -0.39 is 5.97 Å². The molecule has 8 nitrogen and oxygen atoms in total. The maximum Gasteiger partial charge on any atom is 0.344 e. The lowest BCUT2D eigenvalue weighted by atomic mass is 10.2. The highest BCUT2D eigenvalue weighted by Gasteiger charge is 2.13. The van der Waals surface area contributed by atoms with Crippen molar-refractivity contribution in [1.29, 1.82) is 0 Å². The first-order chi connectivity index (χ1) is 15.5. The quantitative estimate of drug-likeness (QED) is 0.464. The number of carbonyl (C=O) groups is 2. The first-order valence-corrected chi connectivity index (χ1v) is 10.7. The summed E-state index contributed by atoms with van der Waals surface area (Å²) in [6, 6.07) is 12.6. The molecule has 0 unspecified atom stereocenters. The molecule has 32 heavy (non-hydrogen) atoms. The molecule has 0 atom stereocenters. The number of hydrogen-bond donors (Lipinski definition) is 1. The van der Waals surface area contributed by atoms with Gasteiger partial charge >= 0.3 is 5.97 Å². The lowest BCUT2D eigenvalue weighted by Crippen LogP contribution is -2.16. The fraction of sp³-hybridized carbons (Fsp3) is 0.261. The van der Waals surface area contributed by atoms with Crippen molar-refractivity contribution in [2.45, 2.75) is 20.0 Å². The SMILES string of the molecule is COc1ccccc1NC(=O)Cc1nc(COC(=O)COc2ccc(C)cc2OC)cs1. The number of anilines is 1. The highest BCUT2D eigenvalue weighted by molar-refractivity contribution is 7.09. The van der Waals surface area contributed by atoms with Crippen LogP contribution in [0.15, 0.2) is 47.8 Å². The number of aryl methyl sites for hydroxylation is 1. The van der Waals surface area contributed by atoms with Crippen molar-refractivity contribution in [3.63, 3.8) is 0 Å². The van der Waals surface area contributed by atoms with Gasteiger partial charge in [-0.15, -0.1) is 11.3 Å². The molecule has 0 aliphatic heterocycles. The standard InChI is InChI=1S/C23H24N2O6S/c1-15-8-9-19(20(10-15)29-3)30-13-23(27)31-12-16-14-32-22(24-16)11-21(26)25-17-6-4-5-7-18(17)28-2/h4-10,14H,11-13H2,1-3H3,(H,25,26). The van der Waals surface area contributed by atoms with Crippen LogP contribution in [0.1, 0.15) is 16.3 Å². The van der Waals surface area contributed by atoms with E-state index in [2.05, 4.69) is 10.3 Å². The molecule has 1 aromatic heterocycles. The van der Waals surface area contributed by atoms with Gasteiger partial charge in [-0.1, -0.05) is 18.2 Å². The zero-order valence-electron chi connectivity index (χ0n) is 18.0. The number of hydrogen-bond acceptors (Lipinski definition) is 8. The van der Waals surface area contributed by atoms with Gasteiger partial charge in [0, 0.05) is 5.38 Å². The lowest BCUT2D eigenvalue weighted by Gasteiger charge is -2.10. The number of aromatic nitrogens is 1. The second-order valence-corrected chi connectivity index (χ2v) is 7.70. The normalized spacial score (nSPS) is 10.3. The monoisotopic (exact) mass is 456 g/mol. The van der Waals surface area contributed by atoms with Gasteiger partial charge in [0.05, 0.1) is 32.0 Å². The van der Waals surface area contributed by atoms with Crippen LogP contribution in [0.2, 0.25) is 0 Å². The average molecular weight is 457 g/mol. The number of para-hydroxylation sites is 2. The van der Waals surface area contributed by atoms with Crippen LogP contribution in [0.3, 0.4) is 0 Å². The Hall–Kier alpha value is -3.59. The molecule has 0 saturated carbocycles. The number of esters is 1. The number of nitrogens with zero attached hydrogens (tertiary/aromatic N) is 1. The number of ether oxygens (including phenoxy) is 4. The van der Waals surface area contributed by atoms with E-state index in [0.717, 1.165) is 5.56 Å². The Morgan fingerprint density at radius 3 is 2.59 bits per heavy atom. The number of amides is 1. The summed E-state index contributed by atoms with van der Waals surface area (Å²) in [5.41, 5.74) is 2.18. The number of thiazole rings is 1. The Bertz CT molecular complexity index is 1080. The second-order valence-electron chi connectivity index (χ2n) is 6.76. The van der Waals surface area contributed by atoms with E-state index in [-0.39, 0.29) is 25.5 Å². The number of benzene rings is 2. The largest absolute Gasteiger partial charge is 0.495 e. The van der Waals surface area contributed by atoms with E-state index in [1.807, 2.05) is 31.2 Å². The molecule has 3 aromatic rings. The summed E-state index contributed by atoms with van der Waals surface area (Å²) < 4.78 is 21.2. The number of nitrogens with one attached hydrogen (secondary N) is 1. The maximum atomic E-state index is 12.3. The van der Waals surface area contributed by atoms with E-state index in [9.17, 15) is 9.59 Å². The fourth-order valence-electron chi connectivity index (χ4n) is 2.80. The molecule has 0 radical (unpaired) electrons. The molecule has 0 saturated heterocycles. The molecule has 0 spiro atoms. The zero-order valence-corrected chi connectivity index (χ0v) is 18.9. The van der Waals surface area contributed by atoms with Crippen molar-refractivity contribution >= 4 is 28.9 Å². The summed E-state index contributed by atoms with van der Waals surface area (Å²) in [7, 11) is 3.08. The zero-order chi connectivity index (χ0) is 22.9. The summed E-state index contributed by atoms with van der Waals surface area (Å²) in [4.78, 5) is 28.7. The molecule has 0 fully saturated rings. The van der Waals surface area contributed by atoms with Crippen LogP contribution in [0.4, 0.5) is 5.69 Å². The Labute approximate surface area is 190 Å². The van der Waals surface area contributed by atoms with Crippen molar-refractivity contribution < 1.29 is 28.5 Å². The minimum atomic E-state index is -0.531. The van der Waals surface area contributed by atoms with Gasteiger partial charge in [0.1, 0.15) is 17.4 Å². The van der Waals surface area contributed by atoms with Gasteiger partial charge in [-0.25, -0.2) is 9.78 Å². The molecule has 0 bridgehead atoms. The van der Waals surface area contributed by atoms with E-state index in [0.29, 0.717) is 33.6 Å².